The summed E-state index contributed by atoms with van der Waals surface area (Å²) in [5.74, 6) is -0.444. The van der Waals surface area contributed by atoms with Gasteiger partial charge in [0.1, 0.15) is 5.01 Å². The molecule has 1 unspecified atom stereocenters. The van der Waals surface area contributed by atoms with E-state index in [1.807, 2.05) is 41.8 Å². The van der Waals surface area contributed by atoms with Crippen molar-refractivity contribution in [2.75, 3.05) is 0 Å². The van der Waals surface area contributed by atoms with E-state index >= 15 is 0 Å². The van der Waals surface area contributed by atoms with E-state index in [4.69, 9.17) is 0 Å². The zero-order valence-electron chi connectivity index (χ0n) is 13.2. The maximum atomic E-state index is 12.0. The first-order valence-electron chi connectivity index (χ1n) is 7.96. The van der Waals surface area contributed by atoms with Crippen molar-refractivity contribution in [1.82, 2.24) is 15.8 Å². The number of hydrogen-bond acceptors (Lipinski definition) is 4. The topological polar surface area (TPSA) is 71.1 Å². The third-order valence-corrected chi connectivity index (χ3v) is 4.75. The van der Waals surface area contributed by atoms with Crippen molar-refractivity contribution < 1.29 is 9.59 Å². The summed E-state index contributed by atoms with van der Waals surface area (Å²) in [4.78, 5) is 28.4. The van der Waals surface area contributed by atoms with E-state index in [1.54, 1.807) is 0 Å². The number of benzene rings is 1. The Morgan fingerprint density at radius 2 is 2.00 bits per heavy atom. The van der Waals surface area contributed by atoms with Crippen LogP contribution in [0.2, 0.25) is 0 Å². The molecule has 124 valence electrons. The van der Waals surface area contributed by atoms with Crippen LogP contribution in [0, 0.1) is 5.92 Å². The van der Waals surface area contributed by atoms with Crippen LogP contribution in [0.4, 0.5) is 0 Å². The van der Waals surface area contributed by atoms with Gasteiger partial charge in [0.15, 0.2) is 0 Å². The van der Waals surface area contributed by atoms with Crippen LogP contribution < -0.4 is 10.9 Å². The van der Waals surface area contributed by atoms with Gasteiger partial charge in [0, 0.05) is 16.9 Å². The molecule has 3 rings (SSSR count). The highest BCUT2D eigenvalue weighted by Crippen LogP contribution is 2.21. The fraction of sp³-hybridized carbons (Fsp3) is 0.278. The van der Waals surface area contributed by atoms with Gasteiger partial charge in [-0.3, -0.25) is 20.4 Å². The molecule has 1 aromatic carbocycles. The van der Waals surface area contributed by atoms with Gasteiger partial charge in [-0.15, -0.1) is 11.3 Å². The van der Waals surface area contributed by atoms with Gasteiger partial charge in [-0.1, -0.05) is 42.5 Å². The molecule has 1 aliphatic rings. The van der Waals surface area contributed by atoms with E-state index in [-0.39, 0.29) is 24.2 Å². The van der Waals surface area contributed by atoms with Gasteiger partial charge in [0.2, 0.25) is 11.8 Å². The molecule has 2 N–H and O–H groups in total. The molecular formula is C18H19N3O2S. The molecule has 24 heavy (non-hydrogen) atoms. The van der Waals surface area contributed by atoms with Crippen molar-refractivity contribution in [1.29, 1.82) is 0 Å². The maximum Gasteiger partial charge on any atom is 0.245 e. The van der Waals surface area contributed by atoms with Crippen molar-refractivity contribution in [3.8, 4) is 11.3 Å². The van der Waals surface area contributed by atoms with Crippen LogP contribution in [0.5, 0.6) is 0 Å². The summed E-state index contributed by atoms with van der Waals surface area (Å²) in [6.45, 7) is 0. The number of carbonyl (C=O) groups is 2. The Hall–Kier alpha value is -2.47. The SMILES string of the molecule is O=C(Cc1nc(-c2ccccc2)cs1)NNC(=O)C1CC=CCC1. The van der Waals surface area contributed by atoms with Gasteiger partial charge in [0.05, 0.1) is 12.1 Å². The Balaban J connectivity index is 1.49. The number of aromatic nitrogens is 1. The normalized spacial score (nSPS) is 16.6. The minimum Gasteiger partial charge on any atom is -0.273 e. The summed E-state index contributed by atoms with van der Waals surface area (Å²) in [7, 11) is 0. The Kier molecular flexibility index (Phi) is 5.38. The van der Waals surface area contributed by atoms with Gasteiger partial charge >= 0.3 is 0 Å². The molecule has 1 aliphatic carbocycles. The third kappa shape index (κ3) is 4.29. The highest BCUT2D eigenvalue weighted by Gasteiger charge is 2.19. The lowest BCUT2D eigenvalue weighted by Crippen LogP contribution is -2.45. The maximum absolute atomic E-state index is 12.0. The van der Waals surface area contributed by atoms with E-state index in [0.29, 0.717) is 0 Å². The van der Waals surface area contributed by atoms with Crippen LogP contribution in [0.3, 0.4) is 0 Å². The number of rotatable bonds is 4. The lowest BCUT2D eigenvalue weighted by molar-refractivity contribution is -0.131. The van der Waals surface area contributed by atoms with E-state index in [9.17, 15) is 9.59 Å². The number of hydrazine groups is 1. The Labute approximate surface area is 144 Å². The minimum absolute atomic E-state index is 0.0557. The predicted octanol–water partition coefficient (Wildman–Crippen LogP) is 2.86. The van der Waals surface area contributed by atoms with Crippen LogP contribution in [-0.4, -0.2) is 16.8 Å². The number of carbonyl (C=O) groups excluding carboxylic acids is 2. The van der Waals surface area contributed by atoms with Crippen LogP contribution in [-0.2, 0) is 16.0 Å². The number of thiazole rings is 1. The van der Waals surface area contributed by atoms with Crippen molar-refractivity contribution >= 4 is 23.2 Å². The summed E-state index contributed by atoms with van der Waals surface area (Å²) in [6, 6.07) is 9.83. The zero-order valence-corrected chi connectivity index (χ0v) is 14.0. The number of nitrogens with zero attached hydrogens (tertiary/aromatic N) is 1. The van der Waals surface area contributed by atoms with Gasteiger partial charge in [-0.2, -0.15) is 0 Å². The largest absolute Gasteiger partial charge is 0.273 e. The Bertz CT molecular complexity index is 740. The summed E-state index contributed by atoms with van der Waals surface area (Å²) >= 11 is 1.44. The standard InChI is InChI=1S/C18H19N3O2S/c22-16(20-21-18(23)14-9-5-2-6-10-14)11-17-19-15(12-24-17)13-7-3-1-4-8-13/h1-5,7-8,12,14H,6,9-11H2,(H,20,22)(H,21,23). The van der Waals surface area contributed by atoms with E-state index in [2.05, 4.69) is 21.9 Å². The molecule has 1 atom stereocenters. The first-order valence-corrected chi connectivity index (χ1v) is 8.84. The number of nitrogens with one attached hydrogen (secondary N) is 2. The second-order valence-corrected chi connectivity index (χ2v) is 6.63. The average molecular weight is 341 g/mol. The molecule has 6 heteroatoms. The molecule has 0 aliphatic heterocycles. The van der Waals surface area contributed by atoms with Gasteiger partial charge < -0.3 is 0 Å². The van der Waals surface area contributed by atoms with E-state index in [1.165, 1.54) is 11.3 Å². The molecular weight excluding hydrogens is 322 g/mol. The lowest BCUT2D eigenvalue weighted by Gasteiger charge is -2.17. The van der Waals surface area contributed by atoms with Crippen LogP contribution in [0.25, 0.3) is 11.3 Å². The highest BCUT2D eigenvalue weighted by atomic mass is 32.1. The quantitative estimate of drug-likeness (QED) is 0.663. The summed E-state index contributed by atoms with van der Waals surface area (Å²) in [5, 5.41) is 2.66. The highest BCUT2D eigenvalue weighted by molar-refractivity contribution is 7.10. The molecule has 5 nitrogen and oxygen atoms in total. The molecule has 0 spiro atoms. The van der Waals surface area contributed by atoms with Crippen molar-refractivity contribution in [2.45, 2.75) is 25.7 Å². The number of allylic oxidation sites excluding steroid dienone is 2. The van der Waals surface area contributed by atoms with Gasteiger partial charge in [0.25, 0.3) is 0 Å². The first-order chi connectivity index (χ1) is 11.7. The molecule has 2 aromatic rings. The molecule has 0 bridgehead atoms. The second-order valence-electron chi connectivity index (χ2n) is 5.69. The van der Waals surface area contributed by atoms with Gasteiger partial charge in [-0.05, 0) is 19.3 Å². The van der Waals surface area contributed by atoms with Crippen LogP contribution in [0.1, 0.15) is 24.3 Å². The zero-order chi connectivity index (χ0) is 16.8. The monoisotopic (exact) mass is 341 g/mol. The fourth-order valence-corrected chi connectivity index (χ4v) is 3.38. The van der Waals surface area contributed by atoms with Crippen molar-refractivity contribution in [3.05, 3.63) is 52.9 Å². The Morgan fingerprint density at radius 1 is 1.17 bits per heavy atom. The van der Waals surface area contributed by atoms with E-state index in [0.717, 1.165) is 35.5 Å². The molecule has 0 fully saturated rings. The minimum atomic E-state index is -0.260. The lowest BCUT2D eigenvalue weighted by atomic mass is 9.94. The molecule has 0 saturated heterocycles. The Morgan fingerprint density at radius 3 is 2.75 bits per heavy atom. The third-order valence-electron chi connectivity index (χ3n) is 3.90. The average Bonchev–Trinajstić information content (AvgIpc) is 3.09. The number of amides is 2. The molecule has 1 heterocycles. The van der Waals surface area contributed by atoms with Crippen molar-refractivity contribution in [3.63, 3.8) is 0 Å². The summed E-state index contributed by atoms with van der Waals surface area (Å²) in [6.07, 6.45) is 6.71. The predicted molar refractivity (Wildman–Crippen MR) is 94.0 cm³/mol. The fourth-order valence-electron chi connectivity index (χ4n) is 2.58. The number of hydrogen-bond donors (Lipinski definition) is 2. The van der Waals surface area contributed by atoms with Crippen molar-refractivity contribution in [2.24, 2.45) is 5.92 Å². The van der Waals surface area contributed by atoms with Crippen LogP contribution >= 0.6 is 11.3 Å². The van der Waals surface area contributed by atoms with Crippen LogP contribution in [0.15, 0.2) is 47.9 Å². The first kappa shape index (κ1) is 16.4. The molecule has 0 saturated carbocycles. The smallest absolute Gasteiger partial charge is 0.245 e. The molecule has 1 aromatic heterocycles. The molecule has 2 amide bonds. The van der Waals surface area contributed by atoms with Gasteiger partial charge in [-0.25, -0.2) is 4.98 Å². The second kappa shape index (κ2) is 7.88. The molecule has 0 radical (unpaired) electrons. The van der Waals surface area contributed by atoms with E-state index < -0.39 is 0 Å². The summed E-state index contributed by atoms with van der Waals surface area (Å²) < 4.78 is 0. The summed E-state index contributed by atoms with van der Waals surface area (Å²) in [5.41, 5.74) is 6.89.